The smallest absolute Gasteiger partial charge is 0.198 e. The third-order valence-electron chi connectivity index (χ3n) is 3.78. The van der Waals surface area contributed by atoms with Crippen LogP contribution in [0.4, 0.5) is 5.69 Å². The van der Waals surface area contributed by atoms with Gasteiger partial charge in [-0.3, -0.25) is 4.99 Å². The highest BCUT2D eigenvalue weighted by atomic mass is 127. The van der Waals surface area contributed by atoms with Crippen molar-refractivity contribution in [2.75, 3.05) is 18.5 Å². The number of fused-ring (bicyclic) bond motifs is 1. The number of rotatable bonds is 1. The van der Waals surface area contributed by atoms with Crippen LogP contribution in [0.2, 0.25) is 0 Å². The second kappa shape index (κ2) is 5.47. The van der Waals surface area contributed by atoms with Gasteiger partial charge in [-0.2, -0.15) is 0 Å². The first-order valence-corrected chi connectivity index (χ1v) is 6.38. The highest BCUT2D eigenvalue weighted by molar-refractivity contribution is 14.0. The molecule has 0 amide bonds. The molecule has 0 aromatic heterocycles. The first kappa shape index (κ1) is 13.6. The molecule has 0 saturated heterocycles. The Morgan fingerprint density at radius 3 is 2.78 bits per heavy atom. The number of halogens is 1. The van der Waals surface area contributed by atoms with E-state index in [9.17, 15) is 0 Å². The Balaban J connectivity index is 0.00000120. The minimum Gasteiger partial charge on any atom is -0.353 e. The van der Waals surface area contributed by atoms with Gasteiger partial charge in [0.05, 0.1) is 0 Å². The van der Waals surface area contributed by atoms with Gasteiger partial charge in [0.2, 0.25) is 0 Å². The minimum absolute atomic E-state index is 0. The summed E-state index contributed by atoms with van der Waals surface area (Å²) in [5.74, 6) is 1.83. The lowest BCUT2D eigenvalue weighted by Gasteiger charge is -2.22. The number of hydrogen-bond acceptors (Lipinski definition) is 1. The zero-order valence-electron chi connectivity index (χ0n) is 10.9. The summed E-state index contributed by atoms with van der Waals surface area (Å²) in [6.45, 7) is 3.32. The number of guanidine groups is 1. The topological polar surface area (TPSA) is 27.6 Å². The predicted molar refractivity (Wildman–Crippen MR) is 87.0 cm³/mol. The summed E-state index contributed by atoms with van der Waals surface area (Å²) < 4.78 is 0. The summed E-state index contributed by atoms with van der Waals surface area (Å²) in [6, 6.07) is 9.24. The van der Waals surface area contributed by atoms with Gasteiger partial charge in [-0.25, -0.2) is 0 Å². The lowest BCUT2D eigenvalue weighted by molar-refractivity contribution is 0.793. The van der Waals surface area contributed by atoms with Crippen LogP contribution in [0.5, 0.6) is 0 Å². The van der Waals surface area contributed by atoms with Crippen molar-refractivity contribution in [3.05, 3.63) is 29.8 Å². The average Bonchev–Trinajstić information content (AvgIpc) is 2.90. The van der Waals surface area contributed by atoms with E-state index in [-0.39, 0.29) is 24.0 Å². The summed E-state index contributed by atoms with van der Waals surface area (Å²) in [6.07, 6.45) is 2.39. The molecule has 0 radical (unpaired) electrons. The van der Waals surface area contributed by atoms with E-state index in [1.807, 2.05) is 7.05 Å². The van der Waals surface area contributed by atoms with Gasteiger partial charge in [0, 0.05) is 25.3 Å². The lowest BCUT2D eigenvalue weighted by Crippen LogP contribution is -2.42. The molecule has 1 aromatic carbocycles. The van der Waals surface area contributed by atoms with Gasteiger partial charge in [-0.05, 0) is 30.4 Å². The highest BCUT2D eigenvalue weighted by Gasteiger charge is 2.35. The van der Waals surface area contributed by atoms with Gasteiger partial charge in [0.15, 0.2) is 5.96 Å². The first-order chi connectivity index (χ1) is 8.29. The molecule has 1 aromatic rings. The Hall–Kier alpha value is -0.780. The van der Waals surface area contributed by atoms with Crippen molar-refractivity contribution in [1.82, 2.24) is 5.32 Å². The Bertz CT molecular complexity index is 458. The fraction of sp³-hybridized carbons (Fsp3) is 0.500. The maximum Gasteiger partial charge on any atom is 0.198 e. The molecule has 2 atom stereocenters. The van der Waals surface area contributed by atoms with Gasteiger partial charge in [0.1, 0.15) is 0 Å². The summed E-state index contributed by atoms with van der Waals surface area (Å²) in [5.41, 5.74) is 2.74. The standard InChI is InChI=1S/C14H19N3.HI/c1-10-9-12(10)16-14(15-2)17-8-7-11-5-3-4-6-13(11)17;/h3-6,10,12H,7-9H2,1-2H3,(H,15,16);1H. The molecule has 1 heterocycles. The van der Waals surface area contributed by atoms with Crippen molar-refractivity contribution in [2.24, 2.45) is 10.9 Å². The third-order valence-corrected chi connectivity index (χ3v) is 3.78. The molecular weight excluding hydrogens is 337 g/mol. The Morgan fingerprint density at radius 2 is 2.11 bits per heavy atom. The zero-order chi connectivity index (χ0) is 11.8. The molecule has 1 aliphatic heterocycles. The largest absolute Gasteiger partial charge is 0.353 e. The molecule has 1 saturated carbocycles. The molecule has 1 N–H and O–H groups in total. The molecular formula is C14H20IN3. The number of para-hydroxylation sites is 1. The maximum atomic E-state index is 4.41. The summed E-state index contributed by atoms with van der Waals surface area (Å²) in [4.78, 5) is 6.72. The third kappa shape index (κ3) is 2.48. The number of hydrogen-bond donors (Lipinski definition) is 1. The number of aliphatic imine (C=N–C) groups is 1. The lowest BCUT2D eigenvalue weighted by atomic mass is 10.2. The molecule has 3 rings (SSSR count). The number of benzene rings is 1. The fourth-order valence-electron chi connectivity index (χ4n) is 2.51. The van der Waals surface area contributed by atoms with Gasteiger partial charge >= 0.3 is 0 Å². The van der Waals surface area contributed by atoms with Crippen molar-refractivity contribution >= 4 is 35.6 Å². The van der Waals surface area contributed by atoms with Crippen molar-refractivity contribution in [3.8, 4) is 0 Å². The monoisotopic (exact) mass is 357 g/mol. The Labute approximate surface area is 126 Å². The van der Waals surface area contributed by atoms with E-state index in [1.54, 1.807) is 0 Å². The molecule has 1 fully saturated rings. The molecule has 0 spiro atoms. The molecule has 98 valence electrons. The van der Waals surface area contributed by atoms with E-state index in [0.29, 0.717) is 6.04 Å². The van der Waals surface area contributed by atoms with Crippen LogP contribution in [0.1, 0.15) is 18.9 Å². The SMILES string of the molecule is CN=C(NC1CC1C)N1CCc2ccccc21.I. The van der Waals surface area contributed by atoms with E-state index < -0.39 is 0 Å². The molecule has 2 aliphatic rings. The molecule has 0 bridgehead atoms. The number of nitrogens with zero attached hydrogens (tertiary/aromatic N) is 2. The Kier molecular flexibility index (Phi) is 4.14. The van der Waals surface area contributed by atoms with Crippen molar-refractivity contribution in [1.29, 1.82) is 0 Å². The molecule has 1 aliphatic carbocycles. The second-order valence-corrected chi connectivity index (χ2v) is 5.04. The van der Waals surface area contributed by atoms with E-state index >= 15 is 0 Å². The molecule has 2 unspecified atom stereocenters. The normalized spacial score (nSPS) is 25.4. The van der Waals surface area contributed by atoms with Crippen LogP contribution in [0.15, 0.2) is 29.3 Å². The van der Waals surface area contributed by atoms with Gasteiger partial charge in [-0.15, -0.1) is 24.0 Å². The summed E-state index contributed by atoms with van der Waals surface area (Å²) >= 11 is 0. The van der Waals surface area contributed by atoms with Crippen LogP contribution in [0.3, 0.4) is 0 Å². The van der Waals surface area contributed by atoms with Crippen LogP contribution in [0, 0.1) is 5.92 Å². The van der Waals surface area contributed by atoms with E-state index in [0.717, 1.165) is 24.8 Å². The average molecular weight is 357 g/mol. The minimum atomic E-state index is 0. The first-order valence-electron chi connectivity index (χ1n) is 6.38. The van der Waals surface area contributed by atoms with E-state index in [1.165, 1.54) is 17.7 Å². The number of nitrogens with one attached hydrogen (secondary N) is 1. The summed E-state index contributed by atoms with van der Waals surface area (Å²) in [5, 5.41) is 3.55. The van der Waals surface area contributed by atoms with Crippen LogP contribution < -0.4 is 10.2 Å². The molecule has 4 heteroatoms. The molecule has 18 heavy (non-hydrogen) atoms. The fourth-order valence-corrected chi connectivity index (χ4v) is 2.51. The molecule has 3 nitrogen and oxygen atoms in total. The van der Waals surface area contributed by atoms with Gasteiger partial charge < -0.3 is 10.2 Å². The van der Waals surface area contributed by atoms with Crippen molar-refractivity contribution in [2.45, 2.75) is 25.8 Å². The predicted octanol–water partition coefficient (Wildman–Crippen LogP) is 2.65. The van der Waals surface area contributed by atoms with Crippen molar-refractivity contribution < 1.29 is 0 Å². The van der Waals surface area contributed by atoms with E-state index in [4.69, 9.17) is 0 Å². The van der Waals surface area contributed by atoms with Crippen LogP contribution in [-0.4, -0.2) is 25.6 Å². The number of anilines is 1. The van der Waals surface area contributed by atoms with Crippen LogP contribution in [0.25, 0.3) is 0 Å². The maximum absolute atomic E-state index is 4.41. The quantitative estimate of drug-likeness (QED) is 0.476. The van der Waals surface area contributed by atoms with Gasteiger partial charge in [-0.1, -0.05) is 25.1 Å². The van der Waals surface area contributed by atoms with Crippen LogP contribution in [-0.2, 0) is 6.42 Å². The Morgan fingerprint density at radius 1 is 1.39 bits per heavy atom. The van der Waals surface area contributed by atoms with E-state index in [2.05, 4.69) is 46.4 Å². The van der Waals surface area contributed by atoms with Crippen molar-refractivity contribution in [3.63, 3.8) is 0 Å². The summed E-state index contributed by atoms with van der Waals surface area (Å²) in [7, 11) is 1.87. The van der Waals surface area contributed by atoms with Gasteiger partial charge in [0.25, 0.3) is 0 Å². The highest BCUT2D eigenvalue weighted by Crippen LogP contribution is 2.31. The van der Waals surface area contributed by atoms with Crippen LogP contribution >= 0.6 is 24.0 Å². The second-order valence-electron chi connectivity index (χ2n) is 5.04. The zero-order valence-corrected chi connectivity index (χ0v) is 13.2.